The number of ether oxygens (including phenoxy) is 2. The quantitative estimate of drug-likeness (QED) is 0.126. The van der Waals surface area contributed by atoms with E-state index in [4.69, 9.17) is 21.1 Å². The van der Waals surface area contributed by atoms with Gasteiger partial charge >= 0.3 is 5.97 Å². The van der Waals surface area contributed by atoms with Crippen LogP contribution < -0.4 is 14.9 Å². The Bertz CT molecular complexity index is 1300. The number of carbonyl (C=O) groups is 1. The molecule has 6 nitrogen and oxygen atoms in total. The Balaban J connectivity index is 1.46. The maximum absolute atomic E-state index is 12.5. The zero-order valence-corrected chi connectivity index (χ0v) is 20.2. The Morgan fingerprint density at radius 2 is 1.85 bits per heavy atom. The van der Waals surface area contributed by atoms with E-state index in [-0.39, 0.29) is 0 Å². The molecular formula is C26H22ClN3O3S. The van der Waals surface area contributed by atoms with Crippen LogP contribution >= 0.6 is 22.9 Å². The van der Waals surface area contributed by atoms with Gasteiger partial charge in [0.15, 0.2) is 11.5 Å². The molecule has 3 aromatic carbocycles. The molecule has 0 aliphatic carbocycles. The van der Waals surface area contributed by atoms with Crippen molar-refractivity contribution in [1.29, 1.82) is 0 Å². The third-order valence-corrected chi connectivity index (χ3v) is 5.90. The van der Waals surface area contributed by atoms with Gasteiger partial charge in [-0.1, -0.05) is 41.9 Å². The fourth-order valence-corrected chi connectivity index (χ4v) is 4.08. The Labute approximate surface area is 206 Å². The van der Waals surface area contributed by atoms with Crippen molar-refractivity contribution < 1.29 is 14.3 Å². The number of halogens is 1. The molecule has 8 heteroatoms. The zero-order valence-electron chi connectivity index (χ0n) is 18.6. The van der Waals surface area contributed by atoms with Gasteiger partial charge in [0, 0.05) is 15.5 Å². The lowest BCUT2D eigenvalue weighted by Gasteiger charge is -2.11. The molecule has 0 fully saturated rings. The topological polar surface area (TPSA) is 72.8 Å². The number of aryl methyl sites for hydroxylation is 1. The van der Waals surface area contributed by atoms with Crippen LogP contribution in [0.25, 0.3) is 11.3 Å². The summed E-state index contributed by atoms with van der Waals surface area (Å²) in [5, 5.41) is 5.55. The first-order chi connectivity index (χ1) is 16.5. The summed E-state index contributed by atoms with van der Waals surface area (Å²) in [5.74, 6) is 0.286. The minimum Gasteiger partial charge on any atom is -0.490 e. The van der Waals surface area contributed by atoms with Crippen molar-refractivity contribution in [2.75, 3.05) is 12.0 Å². The number of nitrogens with zero attached hydrogens (tertiary/aromatic N) is 2. The third-order valence-electron chi connectivity index (χ3n) is 4.77. The van der Waals surface area contributed by atoms with Crippen molar-refractivity contribution in [2.45, 2.75) is 13.8 Å². The molecule has 4 rings (SSSR count). The number of hydrazone groups is 1. The van der Waals surface area contributed by atoms with Gasteiger partial charge in [-0.05, 0) is 61.9 Å². The summed E-state index contributed by atoms with van der Waals surface area (Å²) in [7, 11) is 0. The Kier molecular flexibility index (Phi) is 7.57. The molecule has 0 unspecified atom stereocenters. The van der Waals surface area contributed by atoms with E-state index in [0.717, 1.165) is 21.7 Å². The van der Waals surface area contributed by atoms with Crippen LogP contribution in [0.4, 0.5) is 5.13 Å². The van der Waals surface area contributed by atoms with Gasteiger partial charge in [-0.15, -0.1) is 11.3 Å². The van der Waals surface area contributed by atoms with Gasteiger partial charge in [0.1, 0.15) is 0 Å². The molecule has 0 aliphatic heterocycles. The van der Waals surface area contributed by atoms with E-state index in [1.54, 1.807) is 48.7 Å². The first kappa shape index (κ1) is 23.5. The molecule has 4 aromatic rings. The zero-order chi connectivity index (χ0) is 23.9. The number of aromatic nitrogens is 1. The molecule has 0 atom stereocenters. The molecule has 1 N–H and O–H groups in total. The maximum Gasteiger partial charge on any atom is 0.343 e. The second-order valence-electron chi connectivity index (χ2n) is 7.20. The summed E-state index contributed by atoms with van der Waals surface area (Å²) in [6, 6.07) is 21.8. The Morgan fingerprint density at radius 3 is 2.59 bits per heavy atom. The number of thiazole rings is 1. The number of hydrogen-bond acceptors (Lipinski definition) is 7. The van der Waals surface area contributed by atoms with E-state index in [0.29, 0.717) is 33.8 Å². The van der Waals surface area contributed by atoms with E-state index in [1.807, 2.05) is 44.2 Å². The number of nitrogens with one attached hydrogen (secondary N) is 1. The van der Waals surface area contributed by atoms with Crippen molar-refractivity contribution >= 4 is 40.3 Å². The van der Waals surface area contributed by atoms with Crippen LogP contribution in [0, 0.1) is 6.92 Å². The lowest BCUT2D eigenvalue weighted by atomic mass is 10.1. The average molecular weight is 492 g/mol. The minimum absolute atomic E-state index is 0.329. The summed E-state index contributed by atoms with van der Waals surface area (Å²) >= 11 is 7.42. The van der Waals surface area contributed by atoms with Gasteiger partial charge in [0.2, 0.25) is 5.13 Å². The van der Waals surface area contributed by atoms with Crippen LogP contribution in [-0.2, 0) is 0 Å². The minimum atomic E-state index is -0.492. The molecule has 172 valence electrons. The first-order valence-corrected chi connectivity index (χ1v) is 11.8. The van der Waals surface area contributed by atoms with E-state index < -0.39 is 5.97 Å². The van der Waals surface area contributed by atoms with Gasteiger partial charge in [-0.3, -0.25) is 5.43 Å². The van der Waals surface area contributed by atoms with Gasteiger partial charge in [0.25, 0.3) is 0 Å². The second kappa shape index (κ2) is 11.0. The van der Waals surface area contributed by atoms with Gasteiger partial charge in [0.05, 0.1) is 24.1 Å². The Hall–Kier alpha value is -3.68. The molecule has 0 saturated carbocycles. The van der Waals surface area contributed by atoms with Crippen LogP contribution in [0.3, 0.4) is 0 Å². The van der Waals surface area contributed by atoms with Crippen LogP contribution in [0.15, 0.2) is 77.9 Å². The molecule has 0 radical (unpaired) electrons. The highest BCUT2D eigenvalue weighted by molar-refractivity contribution is 7.16. The van der Waals surface area contributed by atoms with Crippen LogP contribution in [0.1, 0.15) is 27.7 Å². The second-order valence-corrected chi connectivity index (χ2v) is 8.84. The molecule has 1 heterocycles. The van der Waals surface area contributed by atoms with E-state index in [1.165, 1.54) is 11.3 Å². The smallest absolute Gasteiger partial charge is 0.343 e. The number of anilines is 1. The largest absolute Gasteiger partial charge is 0.490 e. The third kappa shape index (κ3) is 5.81. The molecule has 1 aromatic heterocycles. The van der Waals surface area contributed by atoms with Gasteiger partial charge in [-0.25, -0.2) is 9.78 Å². The van der Waals surface area contributed by atoms with E-state index in [9.17, 15) is 4.79 Å². The summed E-state index contributed by atoms with van der Waals surface area (Å²) in [6.45, 7) is 4.32. The molecule has 0 saturated heterocycles. The molecule has 0 amide bonds. The van der Waals surface area contributed by atoms with Crippen molar-refractivity contribution in [3.8, 4) is 22.8 Å². The monoisotopic (exact) mass is 491 g/mol. The number of hydrogen-bond donors (Lipinski definition) is 1. The summed E-state index contributed by atoms with van der Waals surface area (Å²) in [4.78, 5) is 18.2. The van der Waals surface area contributed by atoms with Crippen LogP contribution in [0.5, 0.6) is 11.5 Å². The fourth-order valence-electron chi connectivity index (χ4n) is 3.17. The van der Waals surface area contributed by atoms with Gasteiger partial charge < -0.3 is 9.47 Å². The normalized spacial score (nSPS) is 10.9. The highest BCUT2D eigenvalue weighted by Gasteiger charge is 2.13. The first-order valence-electron chi connectivity index (χ1n) is 10.6. The van der Waals surface area contributed by atoms with Crippen molar-refractivity contribution in [3.63, 3.8) is 0 Å². The maximum atomic E-state index is 12.5. The predicted molar refractivity (Wildman–Crippen MR) is 138 cm³/mol. The molecular weight excluding hydrogens is 470 g/mol. The van der Waals surface area contributed by atoms with Crippen LogP contribution in [0.2, 0.25) is 5.02 Å². The lowest BCUT2D eigenvalue weighted by molar-refractivity contribution is 0.0728. The summed E-state index contributed by atoms with van der Waals surface area (Å²) < 4.78 is 11.2. The average Bonchev–Trinajstić information content (AvgIpc) is 3.22. The SMILES string of the molecule is CCOc1cc(/C=N\Nc2nc(-c3ccccc3)c(C)s2)ccc1OC(=O)c1ccc(Cl)cc1. The standard InChI is InChI=1S/C26H22ClN3O3S/c1-3-32-23-15-18(9-14-22(23)33-25(31)20-10-12-21(27)13-11-20)16-28-30-26-29-24(17(2)34-26)19-7-5-4-6-8-19/h4-16H,3H2,1-2H3,(H,29,30)/b28-16-. The molecule has 34 heavy (non-hydrogen) atoms. The van der Waals surface area contributed by atoms with E-state index >= 15 is 0 Å². The number of rotatable bonds is 8. The fraction of sp³-hybridized carbons (Fsp3) is 0.115. The summed E-state index contributed by atoms with van der Waals surface area (Å²) in [5.41, 5.74) is 6.17. The number of carbonyl (C=O) groups excluding carboxylic acids is 1. The Morgan fingerprint density at radius 1 is 1.09 bits per heavy atom. The number of esters is 1. The highest BCUT2D eigenvalue weighted by Crippen LogP contribution is 2.31. The molecule has 0 spiro atoms. The number of benzene rings is 3. The van der Waals surface area contributed by atoms with Crippen molar-refractivity contribution in [3.05, 3.63) is 93.8 Å². The predicted octanol–water partition coefficient (Wildman–Crippen LogP) is 6.84. The van der Waals surface area contributed by atoms with E-state index in [2.05, 4.69) is 15.5 Å². The van der Waals surface area contributed by atoms with Gasteiger partial charge in [-0.2, -0.15) is 5.10 Å². The lowest BCUT2D eigenvalue weighted by Crippen LogP contribution is -2.09. The van der Waals surface area contributed by atoms with Crippen molar-refractivity contribution in [2.24, 2.45) is 5.10 Å². The van der Waals surface area contributed by atoms with Crippen LogP contribution in [-0.4, -0.2) is 23.8 Å². The van der Waals surface area contributed by atoms with Crippen molar-refractivity contribution in [1.82, 2.24) is 4.98 Å². The highest BCUT2D eigenvalue weighted by atomic mass is 35.5. The molecule has 0 bridgehead atoms. The molecule has 0 aliphatic rings. The summed E-state index contributed by atoms with van der Waals surface area (Å²) in [6.07, 6.45) is 1.66.